The number of Topliss-reactive ketones (excluding diaryl/α,β-unsaturated/α-hetero) is 1. The minimum atomic E-state index is -0.548. The van der Waals surface area contributed by atoms with Crippen LogP contribution in [0, 0.1) is 5.82 Å². The van der Waals surface area contributed by atoms with E-state index >= 15 is 0 Å². The van der Waals surface area contributed by atoms with Gasteiger partial charge in [0.25, 0.3) is 0 Å². The fourth-order valence-electron chi connectivity index (χ4n) is 7.15. The molecule has 0 aliphatic carbocycles. The van der Waals surface area contributed by atoms with Gasteiger partial charge in [0.1, 0.15) is 5.82 Å². The summed E-state index contributed by atoms with van der Waals surface area (Å²) in [5.74, 6) is -1.02. The van der Waals surface area contributed by atoms with E-state index in [0.29, 0.717) is 42.4 Å². The summed E-state index contributed by atoms with van der Waals surface area (Å²) in [5.41, 5.74) is 11.7. The number of carbonyl (C=O) groups excluding carboxylic acids is 2. The standard InChI is InChI=1S/C38H45FN4O3/c1-28-35(29(2)45)36(30-14-16-33(39)17-15-30)37(34(41-28)26-46-25-20-40)43(27-44)22-9-21-42-23-18-38(19-24-42,31-10-5-3-6-11-31)32-12-7-4-8-13-32/h3-8,10-17,27,36,41H,9,18-26,40H2,1-2H3. The molecular formula is C38H45FN4O3. The van der Waals surface area contributed by atoms with E-state index in [4.69, 9.17) is 10.5 Å². The van der Waals surface area contributed by atoms with Gasteiger partial charge in [-0.1, -0.05) is 72.8 Å². The van der Waals surface area contributed by atoms with Gasteiger partial charge in [-0.05, 0) is 81.6 Å². The highest BCUT2D eigenvalue weighted by molar-refractivity contribution is 5.97. The van der Waals surface area contributed by atoms with Crippen LogP contribution in [0.3, 0.4) is 0 Å². The quantitative estimate of drug-likeness (QED) is 0.182. The maximum Gasteiger partial charge on any atom is 0.213 e. The second kappa shape index (κ2) is 15.5. The summed E-state index contributed by atoms with van der Waals surface area (Å²) in [7, 11) is 0. The minimum Gasteiger partial charge on any atom is -0.374 e. The van der Waals surface area contributed by atoms with E-state index in [-0.39, 0.29) is 23.6 Å². The molecule has 2 aliphatic rings. The van der Waals surface area contributed by atoms with Gasteiger partial charge in [0, 0.05) is 29.8 Å². The minimum absolute atomic E-state index is 0.0273. The van der Waals surface area contributed by atoms with Crippen LogP contribution in [0.1, 0.15) is 55.7 Å². The van der Waals surface area contributed by atoms with E-state index in [1.54, 1.807) is 17.0 Å². The maximum absolute atomic E-state index is 14.0. The van der Waals surface area contributed by atoms with Gasteiger partial charge in [0.15, 0.2) is 5.78 Å². The van der Waals surface area contributed by atoms with Crippen LogP contribution < -0.4 is 11.1 Å². The van der Waals surface area contributed by atoms with Crippen molar-refractivity contribution in [1.29, 1.82) is 0 Å². The number of likely N-dealkylation sites (tertiary alicyclic amines) is 1. The Morgan fingerprint density at radius 2 is 1.63 bits per heavy atom. The first-order valence-electron chi connectivity index (χ1n) is 16.2. The molecule has 0 bridgehead atoms. The number of ether oxygens (including phenoxy) is 1. The first kappa shape index (κ1) is 33.3. The highest BCUT2D eigenvalue weighted by Gasteiger charge is 2.38. The molecule has 1 atom stereocenters. The molecule has 3 N–H and O–H groups in total. The van der Waals surface area contributed by atoms with Gasteiger partial charge in [-0.15, -0.1) is 0 Å². The molecule has 7 nitrogen and oxygen atoms in total. The monoisotopic (exact) mass is 624 g/mol. The zero-order valence-electron chi connectivity index (χ0n) is 26.9. The Hall–Kier alpha value is -4.11. The van der Waals surface area contributed by atoms with Crippen molar-refractivity contribution in [1.82, 2.24) is 15.1 Å². The Morgan fingerprint density at radius 1 is 1.02 bits per heavy atom. The van der Waals surface area contributed by atoms with Crippen LogP contribution in [0.2, 0.25) is 0 Å². The number of benzene rings is 3. The van der Waals surface area contributed by atoms with E-state index in [1.165, 1.54) is 30.2 Å². The smallest absolute Gasteiger partial charge is 0.213 e. The number of allylic oxidation sites excluding steroid dienone is 2. The number of nitrogens with zero attached hydrogens (tertiary/aromatic N) is 2. The van der Waals surface area contributed by atoms with Crippen molar-refractivity contribution >= 4 is 12.2 Å². The third-order valence-corrected chi connectivity index (χ3v) is 9.38. The lowest BCUT2D eigenvalue weighted by Gasteiger charge is -2.43. The van der Waals surface area contributed by atoms with Crippen molar-refractivity contribution in [3.63, 3.8) is 0 Å². The third-order valence-electron chi connectivity index (χ3n) is 9.38. The normalized spacial score (nSPS) is 18.3. The Labute approximate surface area is 271 Å². The fourth-order valence-corrected chi connectivity index (χ4v) is 7.15. The fraction of sp³-hybridized carbons (Fsp3) is 0.368. The second-order valence-electron chi connectivity index (χ2n) is 12.2. The number of ketones is 1. The summed E-state index contributed by atoms with van der Waals surface area (Å²) in [6.07, 6.45) is 3.60. The summed E-state index contributed by atoms with van der Waals surface area (Å²) in [6.45, 7) is 7.47. The molecule has 0 saturated carbocycles. The molecule has 46 heavy (non-hydrogen) atoms. The molecule has 3 aromatic carbocycles. The lowest BCUT2D eigenvalue weighted by Crippen LogP contribution is -2.44. The molecule has 5 rings (SSSR count). The average Bonchev–Trinajstić information content (AvgIpc) is 3.08. The number of piperidine rings is 1. The number of halogens is 1. The molecule has 8 heteroatoms. The molecule has 242 valence electrons. The third kappa shape index (κ3) is 7.30. The van der Waals surface area contributed by atoms with Crippen molar-refractivity contribution < 1.29 is 18.7 Å². The average molecular weight is 625 g/mol. The van der Waals surface area contributed by atoms with Crippen LogP contribution in [0.25, 0.3) is 0 Å². The first-order chi connectivity index (χ1) is 22.4. The number of carbonyl (C=O) groups is 2. The summed E-state index contributed by atoms with van der Waals surface area (Å²) in [5, 5.41) is 3.35. The SMILES string of the molecule is CC(=O)C1=C(C)NC(COCCN)=C(N(C=O)CCCN2CCC(c3ccccc3)(c3ccccc3)CC2)C1c1ccc(F)cc1. The number of nitrogens with one attached hydrogen (secondary N) is 1. The zero-order valence-corrected chi connectivity index (χ0v) is 26.9. The molecule has 2 aliphatic heterocycles. The predicted octanol–water partition coefficient (Wildman–Crippen LogP) is 5.49. The van der Waals surface area contributed by atoms with Crippen LogP contribution in [0.4, 0.5) is 4.39 Å². The number of hydrogen-bond donors (Lipinski definition) is 2. The van der Waals surface area contributed by atoms with Crippen LogP contribution in [0.15, 0.2) is 108 Å². The van der Waals surface area contributed by atoms with Crippen molar-refractivity contribution in [3.8, 4) is 0 Å². The zero-order chi connectivity index (χ0) is 32.5. The van der Waals surface area contributed by atoms with Gasteiger partial charge in [0.2, 0.25) is 6.41 Å². The van der Waals surface area contributed by atoms with Gasteiger partial charge in [-0.3, -0.25) is 9.59 Å². The Morgan fingerprint density at radius 3 is 2.17 bits per heavy atom. The summed E-state index contributed by atoms with van der Waals surface area (Å²) in [6, 6.07) is 27.8. The van der Waals surface area contributed by atoms with Crippen LogP contribution in [0.5, 0.6) is 0 Å². The first-order valence-corrected chi connectivity index (χ1v) is 16.2. The van der Waals surface area contributed by atoms with Crippen molar-refractivity contribution in [3.05, 3.63) is 130 Å². The lowest BCUT2D eigenvalue weighted by molar-refractivity contribution is -0.117. The number of amides is 1. The molecule has 3 aromatic rings. The van der Waals surface area contributed by atoms with Crippen molar-refractivity contribution in [2.75, 3.05) is 45.9 Å². The highest BCUT2D eigenvalue weighted by Crippen LogP contribution is 2.42. The predicted molar refractivity (Wildman–Crippen MR) is 179 cm³/mol. The van der Waals surface area contributed by atoms with Gasteiger partial charge < -0.3 is 25.6 Å². The van der Waals surface area contributed by atoms with Crippen LogP contribution in [-0.4, -0.2) is 67.9 Å². The van der Waals surface area contributed by atoms with E-state index in [0.717, 1.165) is 50.9 Å². The molecule has 1 saturated heterocycles. The van der Waals surface area contributed by atoms with Gasteiger partial charge in [-0.25, -0.2) is 4.39 Å². The lowest BCUT2D eigenvalue weighted by atomic mass is 9.68. The molecule has 1 fully saturated rings. The molecule has 0 radical (unpaired) electrons. The van der Waals surface area contributed by atoms with E-state index in [9.17, 15) is 14.0 Å². The number of nitrogens with two attached hydrogens (primary N) is 1. The Kier molecular flexibility index (Phi) is 11.2. The molecule has 2 heterocycles. The van der Waals surface area contributed by atoms with E-state index in [2.05, 4.69) is 70.9 Å². The van der Waals surface area contributed by atoms with Crippen molar-refractivity contribution in [2.24, 2.45) is 5.73 Å². The van der Waals surface area contributed by atoms with Crippen LogP contribution in [-0.2, 0) is 19.7 Å². The van der Waals surface area contributed by atoms with E-state index < -0.39 is 5.92 Å². The topological polar surface area (TPSA) is 87.9 Å². The number of rotatable bonds is 14. The largest absolute Gasteiger partial charge is 0.374 e. The van der Waals surface area contributed by atoms with Gasteiger partial charge >= 0.3 is 0 Å². The summed E-state index contributed by atoms with van der Waals surface area (Å²) >= 11 is 0. The Bertz CT molecular complexity index is 1490. The van der Waals surface area contributed by atoms with Crippen LogP contribution >= 0.6 is 0 Å². The van der Waals surface area contributed by atoms with Crippen molar-refractivity contribution in [2.45, 2.75) is 44.4 Å². The second-order valence-corrected chi connectivity index (χ2v) is 12.2. The Balaban J connectivity index is 1.34. The van der Waals surface area contributed by atoms with Gasteiger partial charge in [-0.2, -0.15) is 0 Å². The van der Waals surface area contributed by atoms with E-state index in [1.807, 2.05) is 6.92 Å². The maximum atomic E-state index is 14.0. The molecule has 1 unspecified atom stereocenters. The van der Waals surface area contributed by atoms with Gasteiger partial charge in [0.05, 0.1) is 30.5 Å². The molecule has 0 aromatic heterocycles. The summed E-state index contributed by atoms with van der Waals surface area (Å²) < 4.78 is 19.8. The highest BCUT2D eigenvalue weighted by atomic mass is 19.1. The summed E-state index contributed by atoms with van der Waals surface area (Å²) in [4.78, 5) is 30.0. The number of dihydropyridines is 1. The molecule has 0 spiro atoms. The molecule has 1 amide bonds. The number of hydrogen-bond acceptors (Lipinski definition) is 6. The molecular weight excluding hydrogens is 579 g/mol.